The number of halogens is 3. The van der Waals surface area contributed by atoms with Crippen molar-refractivity contribution in [2.75, 3.05) is 13.1 Å². The Morgan fingerprint density at radius 1 is 1.21 bits per heavy atom. The van der Waals surface area contributed by atoms with Crippen LogP contribution in [0.2, 0.25) is 0 Å². The molecule has 0 radical (unpaired) electrons. The first-order valence-electron chi connectivity index (χ1n) is 8.40. The quantitative estimate of drug-likeness (QED) is 0.785. The van der Waals surface area contributed by atoms with E-state index >= 15 is 0 Å². The van der Waals surface area contributed by atoms with Crippen molar-refractivity contribution >= 4 is 27.1 Å². The number of nitrogens with zero attached hydrogens (tertiary/aromatic N) is 1. The van der Waals surface area contributed by atoms with Crippen LogP contribution < -0.4 is 0 Å². The molecule has 28 heavy (non-hydrogen) atoms. The van der Waals surface area contributed by atoms with Crippen molar-refractivity contribution in [3.63, 3.8) is 0 Å². The molecule has 2 aliphatic rings. The zero-order valence-corrected chi connectivity index (χ0v) is 16.4. The second-order valence-electron chi connectivity index (χ2n) is 6.74. The first kappa shape index (κ1) is 20.8. The van der Waals surface area contributed by atoms with Crippen molar-refractivity contribution < 1.29 is 31.5 Å². The van der Waals surface area contributed by atoms with Crippen LogP contribution in [0.3, 0.4) is 0 Å². The lowest BCUT2D eigenvalue weighted by Crippen LogP contribution is -2.25. The Balaban J connectivity index is 0.000000279. The number of carbonyl (C=O) groups is 1. The predicted octanol–water partition coefficient (Wildman–Crippen LogP) is 3.45. The number of carboxylic acid groups (broad SMARTS) is 1. The lowest BCUT2D eigenvalue weighted by Gasteiger charge is -2.16. The Morgan fingerprint density at radius 2 is 1.86 bits per heavy atom. The molecule has 1 aromatic carbocycles. The maximum Gasteiger partial charge on any atom is 0.490 e. The number of thiophene rings is 1. The Kier molecular flexibility index (Phi) is 5.57. The number of aliphatic carboxylic acids is 1. The molecule has 0 amide bonds. The van der Waals surface area contributed by atoms with Crippen LogP contribution in [0.5, 0.6) is 0 Å². The van der Waals surface area contributed by atoms with Crippen molar-refractivity contribution in [1.82, 2.24) is 4.90 Å². The average molecular weight is 433 g/mol. The highest BCUT2D eigenvalue weighted by atomic mass is 32.2. The first-order valence-corrected chi connectivity index (χ1v) is 10.8. The molecule has 1 fully saturated rings. The molecule has 5 nitrogen and oxygen atoms in total. The van der Waals surface area contributed by atoms with Crippen molar-refractivity contribution in [1.29, 1.82) is 0 Å². The Morgan fingerprint density at radius 3 is 2.43 bits per heavy atom. The van der Waals surface area contributed by atoms with Gasteiger partial charge in [-0.1, -0.05) is 18.2 Å². The number of fused-ring (bicyclic) bond motifs is 3. The van der Waals surface area contributed by atoms with Crippen molar-refractivity contribution in [2.45, 2.75) is 35.7 Å². The van der Waals surface area contributed by atoms with Crippen LogP contribution in [0, 0.1) is 6.92 Å². The van der Waals surface area contributed by atoms with Gasteiger partial charge in [-0.3, -0.25) is 4.90 Å². The maximum atomic E-state index is 12.6. The molecule has 1 saturated heterocycles. The van der Waals surface area contributed by atoms with Gasteiger partial charge in [-0.25, -0.2) is 13.2 Å². The van der Waals surface area contributed by atoms with Crippen LogP contribution in [0.1, 0.15) is 21.2 Å². The van der Waals surface area contributed by atoms with E-state index in [0.29, 0.717) is 11.4 Å². The van der Waals surface area contributed by atoms with Crippen LogP contribution in [0.4, 0.5) is 13.2 Å². The largest absolute Gasteiger partial charge is 0.490 e. The Bertz CT molecular complexity index is 985. The standard InChI is InChI=1S/C16H17NO2S2.C2HF3O2/c1-11-6-7-12(20-11)8-17-9-14-13-4-2-3-5-15(13)21(18,19)16(14)10-17;3-2(4,5)1(6)7/h2-7,14,16H,8-10H2,1H3;(H,6,7). The predicted molar refractivity (Wildman–Crippen MR) is 98.2 cm³/mol. The van der Waals surface area contributed by atoms with Gasteiger partial charge in [0, 0.05) is 35.3 Å². The fourth-order valence-corrected chi connectivity index (χ4v) is 6.74. The lowest BCUT2D eigenvalue weighted by atomic mass is 9.99. The summed E-state index contributed by atoms with van der Waals surface area (Å²) in [6.07, 6.45) is -5.08. The normalized spacial score (nSPS) is 22.9. The molecule has 2 aromatic rings. The number of benzene rings is 1. The molecule has 10 heteroatoms. The van der Waals surface area contributed by atoms with Crippen LogP contribution in [0.25, 0.3) is 0 Å². The summed E-state index contributed by atoms with van der Waals surface area (Å²) in [5.41, 5.74) is 1.02. The van der Waals surface area contributed by atoms with Gasteiger partial charge >= 0.3 is 12.1 Å². The number of likely N-dealkylation sites (tertiary alicyclic amines) is 1. The zero-order valence-electron chi connectivity index (χ0n) is 14.8. The average Bonchev–Trinajstić information content (AvgIpc) is 3.25. The summed E-state index contributed by atoms with van der Waals surface area (Å²) in [4.78, 5) is 14.4. The van der Waals surface area contributed by atoms with Crippen molar-refractivity contribution in [3.8, 4) is 0 Å². The number of aryl methyl sites for hydroxylation is 1. The molecular formula is C18H18F3NO4S2. The Labute approximate surface area is 164 Å². The third kappa shape index (κ3) is 4.08. The molecule has 2 unspecified atom stereocenters. The maximum absolute atomic E-state index is 12.6. The first-order chi connectivity index (χ1) is 13.0. The SMILES string of the molecule is Cc1ccc(CN2CC3c4ccccc4S(=O)(=O)C3C2)s1.O=C(O)C(F)(F)F. The minimum Gasteiger partial charge on any atom is -0.475 e. The highest BCUT2D eigenvalue weighted by Crippen LogP contribution is 2.44. The summed E-state index contributed by atoms with van der Waals surface area (Å²) in [6.45, 7) is 4.47. The number of rotatable bonds is 2. The van der Waals surface area contributed by atoms with Crippen LogP contribution in [0.15, 0.2) is 41.3 Å². The molecule has 0 bridgehead atoms. The molecular weight excluding hydrogens is 415 g/mol. The minimum atomic E-state index is -5.08. The molecule has 152 valence electrons. The van der Waals surface area contributed by atoms with Gasteiger partial charge in [0.15, 0.2) is 9.84 Å². The van der Waals surface area contributed by atoms with Gasteiger partial charge in [0.05, 0.1) is 10.1 Å². The molecule has 1 aromatic heterocycles. The van der Waals surface area contributed by atoms with Crippen molar-refractivity contribution in [3.05, 3.63) is 51.7 Å². The number of carboxylic acids is 1. The number of hydrogen-bond donors (Lipinski definition) is 1. The molecule has 0 aliphatic carbocycles. The molecule has 0 spiro atoms. The van der Waals surface area contributed by atoms with Gasteiger partial charge in [-0.05, 0) is 30.7 Å². The van der Waals surface area contributed by atoms with E-state index in [1.807, 2.05) is 18.2 Å². The summed E-state index contributed by atoms with van der Waals surface area (Å²) < 4.78 is 57.0. The second kappa shape index (κ2) is 7.49. The topological polar surface area (TPSA) is 74.7 Å². The molecule has 2 aliphatic heterocycles. The smallest absolute Gasteiger partial charge is 0.475 e. The highest BCUT2D eigenvalue weighted by molar-refractivity contribution is 7.92. The van der Waals surface area contributed by atoms with E-state index in [2.05, 4.69) is 24.0 Å². The summed E-state index contributed by atoms with van der Waals surface area (Å²) >= 11 is 1.80. The van der Waals surface area contributed by atoms with E-state index in [1.54, 1.807) is 17.4 Å². The van der Waals surface area contributed by atoms with Gasteiger partial charge in [-0.15, -0.1) is 11.3 Å². The third-order valence-corrected chi connectivity index (χ3v) is 8.03. The van der Waals surface area contributed by atoms with Crippen LogP contribution in [-0.4, -0.2) is 48.9 Å². The molecule has 2 atom stereocenters. The van der Waals surface area contributed by atoms with E-state index in [4.69, 9.17) is 9.90 Å². The fourth-order valence-electron chi connectivity index (χ4n) is 3.59. The van der Waals surface area contributed by atoms with E-state index < -0.39 is 22.0 Å². The second-order valence-corrected chi connectivity index (χ2v) is 10.2. The van der Waals surface area contributed by atoms with E-state index in [9.17, 15) is 21.6 Å². The van der Waals surface area contributed by atoms with E-state index in [-0.39, 0.29) is 11.2 Å². The summed E-state index contributed by atoms with van der Waals surface area (Å²) in [5.74, 6) is -2.61. The zero-order chi connectivity index (χ0) is 20.7. The van der Waals surface area contributed by atoms with Crippen LogP contribution >= 0.6 is 11.3 Å². The molecule has 1 N–H and O–H groups in total. The summed E-state index contributed by atoms with van der Waals surface area (Å²) in [7, 11) is -3.14. The summed E-state index contributed by atoms with van der Waals surface area (Å²) in [5, 5.41) is 6.87. The molecule has 3 heterocycles. The van der Waals surface area contributed by atoms with Gasteiger partial charge in [0.1, 0.15) is 0 Å². The van der Waals surface area contributed by atoms with Gasteiger partial charge in [-0.2, -0.15) is 13.2 Å². The number of alkyl halides is 3. The van der Waals surface area contributed by atoms with Gasteiger partial charge in [0.25, 0.3) is 0 Å². The monoisotopic (exact) mass is 433 g/mol. The van der Waals surface area contributed by atoms with Gasteiger partial charge < -0.3 is 5.11 Å². The fraction of sp³-hybridized carbons (Fsp3) is 0.389. The van der Waals surface area contributed by atoms with E-state index in [1.165, 1.54) is 9.75 Å². The van der Waals surface area contributed by atoms with Gasteiger partial charge in [0.2, 0.25) is 0 Å². The highest BCUT2D eigenvalue weighted by Gasteiger charge is 2.49. The minimum absolute atomic E-state index is 0.146. The molecule has 4 rings (SSSR count). The van der Waals surface area contributed by atoms with E-state index in [0.717, 1.165) is 18.7 Å². The number of hydrogen-bond acceptors (Lipinski definition) is 5. The Hall–Kier alpha value is -1.91. The third-order valence-electron chi connectivity index (χ3n) is 4.78. The number of sulfone groups is 1. The lowest BCUT2D eigenvalue weighted by molar-refractivity contribution is -0.192. The van der Waals surface area contributed by atoms with Crippen LogP contribution in [-0.2, 0) is 21.2 Å². The molecule has 0 saturated carbocycles. The summed E-state index contributed by atoms with van der Waals surface area (Å²) in [6, 6.07) is 11.8. The van der Waals surface area contributed by atoms with Crippen molar-refractivity contribution in [2.24, 2.45) is 0 Å².